The van der Waals surface area contributed by atoms with E-state index >= 15 is 0 Å². The van der Waals surface area contributed by atoms with Crippen molar-refractivity contribution in [2.45, 2.75) is 25.1 Å². The number of aliphatic carboxylic acids is 1. The number of H-pyrrole nitrogens is 2. The van der Waals surface area contributed by atoms with Crippen molar-refractivity contribution in [1.29, 1.82) is 0 Å². The van der Waals surface area contributed by atoms with Crippen molar-refractivity contribution in [3.05, 3.63) is 40.8 Å². The fourth-order valence-corrected chi connectivity index (χ4v) is 3.93. The lowest BCUT2D eigenvalue weighted by atomic mass is 9.86. The molecule has 5 heterocycles. The van der Waals surface area contributed by atoms with Crippen molar-refractivity contribution < 1.29 is 27.8 Å². The quantitative estimate of drug-likeness (QED) is 0.559. The number of rotatable bonds is 3. The Balaban J connectivity index is 0.000000307. The monoisotopic (exact) mass is 451 g/mol. The maximum Gasteiger partial charge on any atom is 0.490 e. The molecule has 1 aromatic carbocycles. The van der Waals surface area contributed by atoms with Gasteiger partial charge in [-0.1, -0.05) is 6.07 Å². The van der Waals surface area contributed by atoms with Crippen LogP contribution in [0, 0.1) is 5.92 Å². The van der Waals surface area contributed by atoms with E-state index in [-0.39, 0.29) is 11.8 Å². The molecule has 0 aliphatic carbocycles. The summed E-state index contributed by atoms with van der Waals surface area (Å²) in [6, 6.07) is 9.47. The van der Waals surface area contributed by atoms with Gasteiger partial charge < -0.3 is 19.8 Å². The zero-order valence-electron chi connectivity index (χ0n) is 16.7. The minimum atomic E-state index is -5.08. The number of aromatic amines is 2. The molecular formula is C20H20F3N5O4. The number of ether oxygens (including phenoxy) is 1. The Bertz CT molecular complexity index is 1150. The van der Waals surface area contributed by atoms with Gasteiger partial charge in [-0.05, 0) is 50.0 Å². The highest BCUT2D eigenvalue weighted by atomic mass is 19.4. The third-order valence-corrected chi connectivity index (χ3v) is 5.56. The van der Waals surface area contributed by atoms with Crippen LogP contribution in [0.4, 0.5) is 13.2 Å². The number of piperidine rings is 3. The van der Waals surface area contributed by atoms with Gasteiger partial charge >= 0.3 is 17.8 Å². The van der Waals surface area contributed by atoms with Crippen LogP contribution in [0.3, 0.4) is 0 Å². The van der Waals surface area contributed by atoms with Crippen molar-refractivity contribution in [3.8, 4) is 17.1 Å². The Hall–Kier alpha value is -3.41. The van der Waals surface area contributed by atoms with Crippen LogP contribution in [0.25, 0.3) is 22.3 Å². The van der Waals surface area contributed by atoms with E-state index in [0.29, 0.717) is 11.8 Å². The number of alkyl halides is 3. The van der Waals surface area contributed by atoms with Gasteiger partial charge in [-0.15, -0.1) is 10.2 Å². The summed E-state index contributed by atoms with van der Waals surface area (Å²) in [6.45, 7) is 3.38. The highest BCUT2D eigenvalue weighted by Gasteiger charge is 2.38. The predicted molar refractivity (Wildman–Crippen MR) is 107 cm³/mol. The van der Waals surface area contributed by atoms with Crippen LogP contribution in [0.15, 0.2) is 35.1 Å². The minimum absolute atomic E-state index is 0.209. The Kier molecular flexibility index (Phi) is 5.87. The number of carbonyl (C=O) groups is 1. The number of aromatic nitrogens is 4. The van der Waals surface area contributed by atoms with E-state index in [0.717, 1.165) is 28.8 Å². The summed E-state index contributed by atoms with van der Waals surface area (Å²) in [5, 5.41) is 15.7. The lowest BCUT2D eigenvalue weighted by Gasteiger charge is -2.44. The molecule has 0 spiro atoms. The van der Waals surface area contributed by atoms with Crippen molar-refractivity contribution >= 4 is 17.0 Å². The van der Waals surface area contributed by atoms with E-state index in [1.165, 1.54) is 25.9 Å². The second-order valence-electron chi connectivity index (χ2n) is 7.69. The third kappa shape index (κ3) is 4.90. The maximum absolute atomic E-state index is 11.4. The third-order valence-electron chi connectivity index (χ3n) is 5.56. The summed E-state index contributed by atoms with van der Waals surface area (Å²) < 4.78 is 37.8. The number of benzene rings is 1. The smallest absolute Gasteiger partial charge is 0.475 e. The average molecular weight is 451 g/mol. The number of nitrogens with one attached hydrogen (secondary N) is 2. The molecule has 12 heteroatoms. The summed E-state index contributed by atoms with van der Waals surface area (Å²) in [5.41, 5.74) is 3.00. The molecule has 32 heavy (non-hydrogen) atoms. The fourth-order valence-electron chi connectivity index (χ4n) is 3.93. The second kappa shape index (κ2) is 8.61. The molecule has 3 N–H and O–H groups in total. The van der Waals surface area contributed by atoms with Crippen LogP contribution in [0.1, 0.15) is 12.8 Å². The van der Waals surface area contributed by atoms with Crippen molar-refractivity contribution in [3.63, 3.8) is 0 Å². The second-order valence-corrected chi connectivity index (χ2v) is 7.69. The van der Waals surface area contributed by atoms with E-state index in [1.807, 2.05) is 30.3 Å². The molecule has 170 valence electrons. The van der Waals surface area contributed by atoms with Gasteiger partial charge in [0.25, 0.3) is 0 Å². The molecule has 2 bridgehead atoms. The normalized spacial score (nSPS) is 22.3. The molecule has 3 fully saturated rings. The molecule has 1 atom stereocenters. The van der Waals surface area contributed by atoms with Crippen LogP contribution >= 0.6 is 0 Å². The zero-order chi connectivity index (χ0) is 22.9. The van der Waals surface area contributed by atoms with Gasteiger partial charge in [0.2, 0.25) is 5.88 Å². The number of imidazole rings is 1. The Morgan fingerprint density at radius 3 is 2.34 bits per heavy atom. The summed E-state index contributed by atoms with van der Waals surface area (Å²) in [7, 11) is 0. The molecule has 3 aromatic rings. The molecule has 0 unspecified atom stereocenters. The fraction of sp³-hybridized carbons (Fsp3) is 0.400. The van der Waals surface area contributed by atoms with Crippen LogP contribution in [0.2, 0.25) is 0 Å². The minimum Gasteiger partial charge on any atom is -0.475 e. The Morgan fingerprint density at radius 2 is 1.78 bits per heavy atom. The van der Waals surface area contributed by atoms with Crippen molar-refractivity contribution in [2.24, 2.45) is 5.92 Å². The van der Waals surface area contributed by atoms with E-state index in [4.69, 9.17) is 14.6 Å². The Labute approximate surface area is 179 Å². The van der Waals surface area contributed by atoms with Gasteiger partial charge in [-0.25, -0.2) is 9.59 Å². The molecule has 0 amide bonds. The standard InChI is InChI=1S/C18H19N5O2.C2HF3O2/c24-18-19-14-2-1-12(9-15(14)20-18)13-3-4-17(22-21-13)25-16-10-23-7-5-11(16)6-8-23;3-2(4,5)1(6)7/h1-4,9,11,16H,5-8,10H2,(H2,19,20,24);(H,6,7)/t16-;/m0./s1. The largest absolute Gasteiger partial charge is 0.490 e. The molecule has 3 aliphatic heterocycles. The molecular weight excluding hydrogens is 431 g/mol. The summed E-state index contributed by atoms with van der Waals surface area (Å²) >= 11 is 0. The maximum atomic E-state index is 11.4. The molecule has 2 aromatic heterocycles. The van der Waals surface area contributed by atoms with Crippen LogP contribution in [-0.2, 0) is 4.79 Å². The lowest BCUT2D eigenvalue weighted by molar-refractivity contribution is -0.192. The number of carboxylic acid groups (broad SMARTS) is 1. The highest BCUT2D eigenvalue weighted by molar-refractivity contribution is 5.80. The average Bonchev–Trinajstić information content (AvgIpc) is 3.14. The Morgan fingerprint density at radius 1 is 1.09 bits per heavy atom. The van der Waals surface area contributed by atoms with Crippen molar-refractivity contribution in [1.82, 2.24) is 25.1 Å². The first-order valence-electron chi connectivity index (χ1n) is 9.94. The summed E-state index contributed by atoms with van der Waals surface area (Å²) in [5.74, 6) is -1.54. The first kappa shape index (κ1) is 21.8. The number of halogens is 3. The molecule has 6 rings (SSSR count). The van der Waals surface area contributed by atoms with E-state index in [2.05, 4.69) is 25.1 Å². The lowest BCUT2D eigenvalue weighted by Crippen LogP contribution is -2.52. The van der Waals surface area contributed by atoms with Gasteiger partial charge in [-0.2, -0.15) is 13.2 Å². The van der Waals surface area contributed by atoms with Gasteiger partial charge in [0.05, 0.1) is 16.7 Å². The van der Waals surface area contributed by atoms with Crippen LogP contribution in [-0.4, -0.2) is 68.1 Å². The number of fused-ring (bicyclic) bond motifs is 4. The van der Waals surface area contributed by atoms with Gasteiger partial charge in [0.1, 0.15) is 6.10 Å². The van der Waals surface area contributed by atoms with E-state index in [9.17, 15) is 18.0 Å². The number of carboxylic acids is 1. The number of hydrogen-bond acceptors (Lipinski definition) is 6. The summed E-state index contributed by atoms with van der Waals surface area (Å²) in [4.78, 5) is 28.2. The van der Waals surface area contributed by atoms with E-state index in [1.54, 1.807) is 0 Å². The first-order chi connectivity index (χ1) is 15.2. The summed E-state index contributed by atoms with van der Waals surface area (Å²) in [6.07, 6.45) is -2.43. The van der Waals surface area contributed by atoms with E-state index < -0.39 is 12.1 Å². The zero-order valence-corrected chi connectivity index (χ0v) is 16.7. The van der Waals surface area contributed by atoms with Gasteiger partial charge in [0, 0.05) is 18.2 Å². The SMILES string of the molecule is O=C(O)C(F)(F)F.O=c1[nH]c2ccc(-c3ccc(O[C@H]4CN5CCC4CC5)nn3)cc2[nH]1. The van der Waals surface area contributed by atoms with Gasteiger partial charge in [0.15, 0.2) is 0 Å². The van der Waals surface area contributed by atoms with Crippen molar-refractivity contribution in [2.75, 3.05) is 19.6 Å². The molecule has 0 radical (unpaired) electrons. The molecule has 0 saturated carbocycles. The molecule has 3 saturated heterocycles. The number of hydrogen-bond donors (Lipinski definition) is 3. The number of nitrogens with zero attached hydrogens (tertiary/aromatic N) is 3. The predicted octanol–water partition coefficient (Wildman–Crippen LogP) is 2.42. The van der Waals surface area contributed by atoms with Gasteiger partial charge in [-0.3, -0.25) is 4.90 Å². The van der Waals surface area contributed by atoms with Crippen LogP contribution < -0.4 is 10.4 Å². The topological polar surface area (TPSA) is 124 Å². The van der Waals surface area contributed by atoms with Crippen LogP contribution in [0.5, 0.6) is 5.88 Å². The molecule has 3 aliphatic rings. The highest BCUT2D eigenvalue weighted by Crippen LogP contribution is 2.30. The first-order valence-corrected chi connectivity index (χ1v) is 9.94. The molecule has 9 nitrogen and oxygen atoms in total.